The number of nitrogens with zero attached hydrogens (tertiary/aromatic N) is 2. The minimum Gasteiger partial charge on any atom is -0.342 e. The molecule has 1 spiro atoms. The van der Waals surface area contributed by atoms with E-state index in [2.05, 4.69) is 5.32 Å². The average molecular weight is 428 g/mol. The Labute approximate surface area is 174 Å². The number of hydrogen-bond donors (Lipinski definition) is 1. The minimum atomic E-state index is -3.45. The number of halogens is 1. The first-order chi connectivity index (χ1) is 13.0. The van der Waals surface area contributed by atoms with Gasteiger partial charge in [0.1, 0.15) is 0 Å². The van der Waals surface area contributed by atoms with Crippen molar-refractivity contribution >= 4 is 28.3 Å². The van der Waals surface area contributed by atoms with Gasteiger partial charge in [-0.25, -0.2) is 8.42 Å². The van der Waals surface area contributed by atoms with Crippen molar-refractivity contribution in [2.75, 3.05) is 39.3 Å². The molecule has 3 saturated heterocycles. The van der Waals surface area contributed by atoms with Crippen molar-refractivity contribution in [3.8, 4) is 0 Å². The third-order valence-electron chi connectivity index (χ3n) is 6.65. The van der Waals surface area contributed by atoms with Crippen molar-refractivity contribution in [3.63, 3.8) is 0 Å². The summed E-state index contributed by atoms with van der Waals surface area (Å²) in [6.45, 7) is 4.74. The van der Waals surface area contributed by atoms with Crippen molar-refractivity contribution in [3.05, 3.63) is 30.3 Å². The van der Waals surface area contributed by atoms with Crippen LogP contribution in [0.3, 0.4) is 0 Å². The summed E-state index contributed by atoms with van der Waals surface area (Å²) in [6, 6.07) is 8.56. The maximum atomic E-state index is 12.9. The first-order valence-corrected chi connectivity index (χ1v) is 11.5. The fourth-order valence-corrected chi connectivity index (χ4v) is 6.26. The van der Waals surface area contributed by atoms with Crippen molar-refractivity contribution in [2.24, 2.45) is 11.3 Å². The Morgan fingerprint density at radius 1 is 1.00 bits per heavy atom. The van der Waals surface area contributed by atoms with Gasteiger partial charge in [-0.05, 0) is 56.2 Å². The van der Waals surface area contributed by atoms with E-state index in [9.17, 15) is 13.2 Å². The van der Waals surface area contributed by atoms with Crippen LogP contribution in [-0.4, -0.2) is 62.8 Å². The second-order valence-corrected chi connectivity index (χ2v) is 10.2. The molecule has 3 fully saturated rings. The fourth-order valence-electron chi connectivity index (χ4n) is 4.77. The normalized spacial score (nSPS) is 23.5. The zero-order chi connectivity index (χ0) is 18.9. The van der Waals surface area contributed by atoms with Gasteiger partial charge in [0.05, 0.1) is 4.90 Å². The second kappa shape index (κ2) is 8.69. The van der Waals surface area contributed by atoms with Crippen LogP contribution >= 0.6 is 12.4 Å². The Bertz CT molecular complexity index is 763. The third-order valence-corrected chi connectivity index (χ3v) is 8.56. The number of carbonyl (C=O) groups is 1. The van der Waals surface area contributed by atoms with E-state index >= 15 is 0 Å². The van der Waals surface area contributed by atoms with Crippen LogP contribution in [0.15, 0.2) is 35.2 Å². The van der Waals surface area contributed by atoms with Gasteiger partial charge in [0.2, 0.25) is 15.9 Å². The predicted octanol–water partition coefficient (Wildman–Crippen LogP) is 2.11. The molecule has 1 amide bonds. The molecule has 0 radical (unpaired) electrons. The first-order valence-electron chi connectivity index (χ1n) is 10.0. The molecule has 3 aliphatic heterocycles. The summed E-state index contributed by atoms with van der Waals surface area (Å²) in [4.78, 5) is 15.3. The van der Waals surface area contributed by atoms with E-state index in [-0.39, 0.29) is 24.2 Å². The Morgan fingerprint density at radius 2 is 1.64 bits per heavy atom. The maximum absolute atomic E-state index is 12.9. The number of sulfonamides is 1. The lowest BCUT2D eigenvalue weighted by Crippen LogP contribution is -2.48. The molecule has 1 N–H and O–H groups in total. The van der Waals surface area contributed by atoms with E-state index in [1.807, 2.05) is 11.0 Å². The van der Waals surface area contributed by atoms with E-state index < -0.39 is 10.0 Å². The molecule has 28 heavy (non-hydrogen) atoms. The standard InChI is InChI=1S/C20H29N3O3S.ClH/c24-19(22-14-9-20(10-15-22)8-11-21-16-20)17-6-12-23(13-7-17)27(25,26)18-4-2-1-3-5-18;/h1-5,17,21H,6-16H2;1H. The summed E-state index contributed by atoms with van der Waals surface area (Å²) in [5.74, 6) is 0.190. The van der Waals surface area contributed by atoms with Gasteiger partial charge in [-0.15, -0.1) is 12.4 Å². The molecule has 0 aliphatic carbocycles. The molecule has 0 unspecified atom stereocenters. The maximum Gasteiger partial charge on any atom is 0.243 e. The van der Waals surface area contributed by atoms with Gasteiger partial charge in [-0.2, -0.15) is 4.31 Å². The summed E-state index contributed by atoms with van der Waals surface area (Å²) < 4.78 is 27.0. The van der Waals surface area contributed by atoms with Crippen LogP contribution in [0.25, 0.3) is 0 Å². The summed E-state index contributed by atoms with van der Waals surface area (Å²) in [5.41, 5.74) is 0.407. The van der Waals surface area contributed by atoms with Crippen molar-refractivity contribution < 1.29 is 13.2 Å². The summed E-state index contributed by atoms with van der Waals surface area (Å²) >= 11 is 0. The Morgan fingerprint density at radius 3 is 2.21 bits per heavy atom. The number of benzene rings is 1. The average Bonchev–Trinajstić information content (AvgIpc) is 3.17. The van der Waals surface area contributed by atoms with E-state index in [1.165, 1.54) is 10.7 Å². The molecule has 8 heteroatoms. The zero-order valence-corrected chi connectivity index (χ0v) is 17.8. The molecule has 0 aromatic heterocycles. The van der Waals surface area contributed by atoms with Crippen LogP contribution in [-0.2, 0) is 14.8 Å². The largest absolute Gasteiger partial charge is 0.342 e. The Hall–Kier alpha value is -1.15. The quantitative estimate of drug-likeness (QED) is 0.802. The molecule has 1 aromatic rings. The molecular weight excluding hydrogens is 398 g/mol. The van der Waals surface area contributed by atoms with Gasteiger partial charge >= 0.3 is 0 Å². The van der Waals surface area contributed by atoms with E-state index in [4.69, 9.17) is 0 Å². The Kier molecular flexibility index (Phi) is 6.69. The van der Waals surface area contributed by atoms with Gasteiger partial charge in [-0.1, -0.05) is 18.2 Å². The fraction of sp³-hybridized carbons (Fsp3) is 0.650. The lowest BCUT2D eigenvalue weighted by atomic mass is 9.77. The lowest BCUT2D eigenvalue weighted by molar-refractivity contribution is -0.139. The summed E-state index contributed by atoms with van der Waals surface area (Å²) in [6.07, 6.45) is 4.65. The number of likely N-dealkylation sites (tertiary alicyclic amines) is 1. The van der Waals surface area contributed by atoms with E-state index in [1.54, 1.807) is 24.3 Å². The number of hydrogen-bond acceptors (Lipinski definition) is 4. The van der Waals surface area contributed by atoms with Crippen molar-refractivity contribution in [1.82, 2.24) is 14.5 Å². The van der Waals surface area contributed by atoms with Crippen LogP contribution in [0.5, 0.6) is 0 Å². The van der Waals surface area contributed by atoms with Crippen molar-refractivity contribution in [2.45, 2.75) is 37.0 Å². The van der Waals surface area contributed by atoms with E-state index in [0.717, 1.165) is 39.0 Å². The Balaban J connectivity index is 0.00000225. The highest BCUT2D eigenvalue weighted by Crippen LogP contribution is 2.37. The summed E-state index contributed by atoms with van der Waals surface area (Å²) in [7, 11) is -3.45. The SMILES string of the molecule is Cl.O=C(C1CCN(S(=O)(=O)c2ccccc2)CC1)N1CCC2(CCNC2)CC1. The topological polar surface area (TPSA) is 69.7 Å². The van der Waals surface area contributed by atoms with Crippen molar-refractivity contribution in [1.29, 1.82) is 0 Å². The highest BCUT2D eigenvalue weighted by Gasteiger charge is 2.40. The number of amides is 1. The number of nitrogens with one attached hydrogen (secondary N) is 1. The van der Waals surface area contributed by atoms with E-state index in [0.29, 0.717) is 36.2 Å². The number of piperidine rings is 2. The molecule has 156 valence electrons. The zero-order valence-electron chi connectivity index (χ0n) is 16.2. The molecule has 6 nitrogen and oxygen atoms in total. The molecule has 0 bridgehead atoms. The van der Waals surface area contributed by atoms with Crippen LogP contribution in [0.1, 0.15) is 32.1 Å². The first kappa shape index (κ1) is 21.6. The third kappa shape index (κ3) is 4.22. The molecule has 3 heterocycles. The van der Waals surface area contributed by atoms with Crippen LogP contribution in [0.4, 0.5) is 0 Å². The molecule has 4 rings (SSSR count). The molecule has 0 saturated carbocycles. The molecule has 3 aliphatic rings. The van der Waals surface area contributed by atoms with Gasteiger partial charge in [-0.3, -0.25) is 4.79 Å². The monoisotopic (exact) mass is 427 g/mol. The molecule has 0 atom stereocenters. The predicted molar refractivity (Wildman–Crippen MR) is 111 cm³/mol. The summed E-state index contributed by atoms with van der Waals surface area (Å²) in [5, 5.41) is 3.46. The van der Waals surface area contributed by atoms with Gasteiger partial charge in [0.25, 0.3) is 0 Å². The number of carbonyl (C=O) groups excluding carboxylic acids is 1. The minimum absolute atomic E-state index is 0. The van der Waals surface area contributed by atoms with Gasteiger partial charge < -0.3 is 10.2 Å². The van der Waals surface area contributed by atoms with Gasteiger partial charge in [0, 0.05) is 38.6 Å². The smallest absolute Gasteiger partial charge is 0.243 e. The second-order valence-electron chi connectivity index (χ2n) is 8.24. The van der Waals surface area contributed by atoms with Crippen LogP contribution in [0.2, 0.25) is 0 Å². The lowest BCUT2D eigenvalue weighted by Gasteiger charge is -2.41. The highest BCUT2D eigenvalue weighted by molar-refractivity contribution is 7.89. The molecule has 1 aromatic carbocycles. The highest BCUT2D eigenvalue weighted by atomic mass is 35.5. The van der Waals surface area contributed by atoms with Gasteiger partial charge in [0.15, 0.2) is 0 Å². The van der Waals surface area contributed by atoms with Crippen LogP contribution in [0, 0.1) is 11.3 Å². The molecular formula is C20H30ClN3O3S. The van der Waals surface area contributed by atoms with Crippen LogP contribution < -0.4 is 5.32 Å². The number of rotatable bonds is 3.